The number of carbonyl (C=O) groups is 1. The van der Waals surface area contributed by atoms with Crippen molar-refractivity contribution in [3.8, 4) is 0 Å². The van der Waals surface area contributed by atoms with Gasteiger partial charge < -0.3 is 10.2 Å². The quantitative estimate of drug-likeness (QED) is 0.741. The van der Waals surface area contributed by atoms with Gasteiger partial charge in [0.2, 0.25) is 10.0 Å². The van der Waals surface area contributed by atoms with Crippen LogP contribution in [0.3, 0.4) is 0 Å². The van der Waals surface area contributed by atoms with E-state index in [9.17, 15) is 17.6 Å². The van der Waals surface area contributed by atoms with E-state index in [4.69, 9.17) is 10.2 Å². The van der Waals surface area contributed by atoms with Crippen molar-refractivity contribution in [1.82, 2.24) is 4.72 Å². The highest BCUT2D eigenvalue weighted by atomic mass is 32.2. The highest BCUT2D eigenvalue weighted by Gasteiger charge is 2.31. The molecule has 1 fully saturated rings. The highest BCUT2D eigenvalue weighted by Crippen LogP contribution is 2.22. The fraction of sp³-hybridized carbons (Fsp3) is 0.364. The maximum absolute atomic E-state index is 13.2. The summed E-state index contributed by atoms with van der Waals surface area (Å²) >= 11 is 0. The lowest BCUT2D eigenvalue weighted by Crippen LogP contribution is -2.46. The molecule has 6 nitrogen and oxygen atoms in total. The Labute approximate surface area is 108 Å². The number of halogens is 1. The van der Waals surface area contributed by atoms with Crippen molar-refractivity contribution in [2.75, 3.05) is 0 Å². The van der Waals surface area contributed by atoms with Gasteiger partial charge in [-0.25, -0.2) is 22.3 Å². The number of hydrogen-bond donors (Lipinski definition) is 3. The van der Waals surface area contributed by atoms with E-state index in [1.807, 2.05) is 0 Å². The molecule has 2 rings (SSSR count). The van der Waals surface area contributed by atoms with Crippen LogP contribution in [0.25, 0.3) is 0 Å². The van der Waals surface area contributed by atoms with E-state index in [1.165, 1.54) is 0 Å². The molecule has 104 valence electrons. The molecule has 0 atom stereocenters. The zero-order chi connectivity index (χ0) is 14.2. The molecular weight excluding hydrogens is 277 g/mol. The largest absolute Gasteiger partial charge is 0.478 e. The SMILES string of the molecule is O=C(O)c1cc(S(=O)(=O)NC2CC(O)C2)ccc1F. The summed E-state index contributed by atoms with van der Waals surface area (Å²) in [4.78, 5) is 10.4. The summed E-state index contributed by atoms with van der Waals surface area (Å²) in [5, 5.41) is 17.8. The van der Waals surface area contributed by atoms with Gasteiger partial charge in [0.1, 0.15) is 5.82 Å². The number of aliphatic hydroxyl groups is 1. The van der Waals surface area contributed by atoms with Gasteiger partial charge in [-0.2, -0.15) is 0 Å². The Bertz CT molecular complexity index is 610. The summed E-state index contributed by atoms with van der Waals surface area (Å²) in [6.45, 7) is 0. The molecule has 3 N–H and O–H groups in total. The molecule has 0 radical (unpaired) electrons. The molecular formula is C11H12FNO5S. The van der Waals surface area contributed by atoms with Crippen LogP contribution >= 0.6 is 0 Å². The van der Waals surface area contributed by atoms with Gasteiger partial charge >= 0.3 is 5.97 Å². The Morgan fingerprint density at radius 1 is 1.37 bits per heavy atom. The normalized spacial score (nSPS) is 22.8. The number of hydrogen-bond acceptors (Lipinski definition) is 4. The molecule has 0 saturated heterocycles. The van der Waals surface area contributed by atoms with E-state index in [0.29, 0.717) is 12.8 Å². The van der Waals surface area contributed by atoms with Gasteiger partial charge in [-0.1, -0.05) is 0 Å². The number of sulfonamides is 1. The third-order valence-electron chi connectivity index (χ3n) is 2.91. The topological polar surface area (TPSA) is 104 Å². The first-order chi connectivity index (χ1) is 8.79. The van der Waals surface area contributed by atoms with Crippen molar-refractivity contribution in [3.05, 3.63) is 29.6 Å². The van der Waals surface area contributed by atoms with Crippen LogP contribution in [0.1, 0.15) is 23.2 Å². The van der Waals surface area contributed by atoms with E-state index in [0.717, 1.165) is 18.2 Å². The van der Waals surface area contributed by atoms with Gasteiger partial charge in [-0.3, -0.25) is 0 Å². The van der Waals surface area contributed by atoms with Gasteiger partial charge in [0.25, 0.3) is 0 Å². The van der Waals surface area contributed by atoms with E-state index in [-0.39, 0.29) is 10.9 Å². The van der Waals surface area contributed by atoms with Crippen LogP contribution in [-0.4, -0.2) is 36.7 Å². The average Bonchev–Trinajstić information content (AvgIpc) is 2.26. The zero-order valence-corrected chi connectivity index (χ0v) is 10.5. The van der Waals surface area contributed by atoms with Crippen LogP contribution in [0, 0.1) is 5.82 Å². The van der Waals surface area contributed by atoms with Crippen molar-refractivity contribution in [2.24, 2.45) is 0 Å². The lowest BCUT2D eigenvalue weighted by molar-refractivity contribution is 0.0690. The monoisotopic (exact) mass is 289 g/mol. The summed E-state index contributed by atoms with van der Waals surface area (Å²) in [6.07, 6.45) is 0.105. The lowest BCUT2D eigenvalue weighted by Gasteiger charge is -2.31. The molecule has 1 aromatic rings. The molecule has 0 aromatic heterocycles. The molecule has 8 heteroatoms. The van der Waals surface area contributed by atoms with Crippen LogP contribution in [0.4, 0.5) is 4.39 Å². The first-order valence-electron chi connectivity index (χ1n) is 5.53. The molecule has 1 saturated carbocycles. The number of nitrogens with one attached hydrogen (secondary N) is 1. The zero-order valence-electron chi connectivity index (χ0n) is 9.71. The van der Waals surface area contributed by atoms with Gasteiger partial charge in [0.15, 0.2) is 0 Å². The molecule has 1 aliphatic carbocycles. The van der Waals surface area contributed by atoms with Crippen molar-refractivity contribution >= 4 is 16.0 Å². The summed E-state index contributed by atoms with van der Waals surface area (Å²) in [5.74, 6) is -2.53. The molecule has 0 amide bonds. The van der Waals surface area contributed by atoms with E-state index in [1.54, 1.807) is 0 Å². The second-order valence-corrected chi connectivity index (χ2v) is 6.10. The smallest absolute Gasteiger partial charge is 0.338 e. The Morgan fingerprint density at radius 2 is 2.00 bits per heavy atom. The second kappa shape index (κ2) is 4.87. The minimum absolute atomic E-state index is 0.312. The highest BCUT2D eigenvalue weighted by molar-refractivity contribution is 7.89. The molecule has 0 aliphatic heterocycles. The van der Waals surface area contributed by atoms with Crippen molar-refractivity contribution in [2.45, 2.75) is 29.9 Å². The van der Waals surface area contributed by atoms with Crippen LogP contribution in [0.5, 0.6) is 0 Å². The molecule has 1 aliphatic rings. The van der Waals surface area contributed by atoms with Gasteiger partial charge in [0, 0.05) is 6.04 Å². The fourth-order valence-electron chi connectivity index (χ4n) is 1.81. The van der Waals surface area contributed by atoms with E-state index >= 15 is 0 Å². The number of benzene rings is 1. The summed E-state index contributed by atoms with van der Waals surface area (Å²) in [5.41, 5.74) is -0.698. The van der Waals surface area contributed by atoms with Gasteiger partial charge in [0.05, 0.1) is 16.6 Å². The summed E-state index contributed by atoms with van der Waals surface area (Å²) in [6, 6.07) is 2.19. The van der Waals surface area contributed by atoms with Gasteiger partial charge in [-0.15, -0.1) is 0 Å². The molecule has 0 spiro atoms. The second-order valence-electron chi connectivity index (χ2n) is 4.39. The van der Waals surface area contributed by atoms with Gasteiger partial charge in [-0.05, 0) is 31.0 Å². The van der Waals surface area contributed by atoms with E-state index in [2.05, 4.69) is 4.72 Å². The molecule has 0 heterocycles. The van der Waals surface area contributed by atoms with Crippen LogP contribution in [0.2, 0.25) is 0 Å². The number of aliphatic hydroxyl groups excluding tert-OH is 1. The number of rotatable bonds is 4. The first-order valence-corrected chi connectivity index (χ1v) is 7.01. The molecule has 19 heavy (non-hydrogen) atoms. The standard InChI is InChI=1S/C11H12FNO5S/c12-10-2-1-8(5-9(10)11(15)16)19(17,18)13-6-3-7(14)4-6/h1-2,5-7,13-14H,3-4H2,(H,15,16). The predicted octanol–water partition coefficient (Wildman–Crippen LogP) is 0.325. The summed E-state index contributed by atoms with van der Waals surface area (Å²) < 4.78 is 39.3. The molecule has 1 aromatic carbocycles. The number of aromatic carboxylic acids is 1. The maximum atomic E-state index is 13.2. The predicted molar refractivity (Wildman–Crippen MR) is 62.7 cm³/mol. The van der Waals surface area contributed by atoms with Crippen molar-refractivity contribution < 1.29 is 27.8 Å². The van der Waals surface area contributed by atoms with Crippen molar-refractivity contribution in [3.63, 3.8) is 0 Å². The average molecular weight is 289 g/mol. The third-order valence-corrected chi connectivity index (χ3v) is 4.43. The van der Waals surface area contributed by atoms with E-state index < -0.39 is 33.5 Å². The Balaban J connectivity index is 2.25. The Hall–Kier alpha value is -1.51. The Morgan fingerprint density at radius 3 is 2.53 bits per heavy atom. The van der Waals surface area contributed by atoms with Crippen LogP contribution in [-0.2, 0) is 10.0 Å². The van der Waals surface area contributed by atoms with Crippen molar-refractivity contribution in [1.29, 1.82) is 0 Å². The number of carboxylic acid groups (broad SMARTS) is 1. The fourth-order valence-corrected chi connectivity index (χ4v) is 3.09. The summed E-state index contributed by atoms with van der Waals surface area (Å²) in [7, 11) is -3.91. The minimum Gasteiger partial charge on any atom is -0.478 e. The first kappa shape index (κ1) is 13.9. The van der Waals surface area contributed by atoms with Crippen LogP contribution < -0.4 is 4.72 Å². The third kappa shape index (κ3) is 2.91. The minimum atomic E-state index is -3.91. The maximum Gasteiger partial charge on any atom is 0.338 e. The van der Waals surface area contributed by atoms with Crippen LogP contribution in [0.15, 0.2) is 23.1 Å². The lowest BCUT2D eigenvalue weighted by atomic mass is 9.91. The number of carboxylic acids is 1. The Kier molecular flexibility index (Phi) is 3.57. The molecule has 0 unspecified atom stereocenters. The molecule has 0 bridgehead atoms.